The maximum Gasteiger partial charge on any atom is 0.321 e. The summed E-state index contributed by atoms with van der Waals surface area (Å²) in [7, 11) is 0. The van der Waals surface area contributed by atoms with Gasteiger partial charge in [-0.05, 0) is 56.5 Å². The van der Waals surface area contributed by atoms with Crippen LogP contribution in [0.5, 0.6) is 5.75 Å². The van der Waals surface area contributed by atoms with Crippen LogP contribution in [0, 0.1) is 0 Å². The van der Waals surface area contributed by atoms with E-state index in [0.717, 1.165) is 42.9 Å². The second kappa shape index (κ2) is 8.55. The number of piperazine rings is 1. The maximum atomic E-state index is 12.8. The first-order valence-electron chi connectivity index (χ1n) is 10.3. The number of benzene rings is 1. The topological polar surface area (TPSA) is 79.7 Å². The lowest BCUT2D eigenvalue weighted by Crippen LogP contribution is -2.51. The van der Waals surface area contributed by atoms with Gasteiger partial charge >= 0.3 is 6.03 Å². The summed E-state index contributed by atoms with van der Waals surface area (Å²) in [4.78, 5) is 28.8. The van der Waals surface area contributed by atoms with Crippen LogP contribution in [0.2, 0.25) is 0 Å². The molecule has 8 nitrogen and oxygen atoms in total. The third kappa shape index (κ3) is 4.36. The molecule has 1 aromatic carbocycles. The van der Waals surface area contributed by atoms with Gasteiger partial charge in [-0.2, -0.15) is 5.10 Å². The molecule has 3 amide bonds. The minimum absolute atomic E-state index is 0.0431. The van der Waals surface area contributed by atoms with Crippen LogP contribution in [0.25, 0.3) is 0 Å². The second-order valence-corrected chi connectivity index (χ2v) is 7.37. The van der Waals surface area contributed by atoms with Crippen LogP contribution in [0.3, 0.4) is 0 Å². The molecule has 2 aromatic rings. The number of urea groups is 1. The van der Waals surface area contributed by atoms with Gasteiger partial charge in [0.05, 0.1) is 6.61 Å². The van der Waals surface area contributed by atoms with Crippen LogP contribution in [0.15, 0.2) is 30.3 Å². The van der Waals surface area contributed by atoms with E-state index in [2.05, 4.69) is 10.4 Å². The molecule has 8 heteroatoms. The molecule has 0 unspecified atom stereocenters. The van der Waals surface area contributed by atoms with Crippen LogP contribution in [-0.4, -0.2) is 64.3 Å². The minimum Gasteiger partial charge on any atom is -0.494 e. The number of nitrogens with zero attached hydrogens (tertiary/aromatic N) is 4. The number of hydrogen-bond acceptors (Lipinski definition) is 4. The minimum atomic E-state index is -0.154. The predicted molar refractivity (Wildman–Crippen MR) is 109 cm³/mol. The van der Waals surface area contributed by atoms with Crippen LogP contribution >= 0.6 is 0 Å². The molecule has 0 atom stereocenters. The fraction of sp³-hybridized carbons (Fsp3) is 0.476. The second-order valence-electron chi connectivity index (χ2n) is 7.37. The van der Waals surface area contributed by atoms with Crippen molar-refractivity contribution in [3.63, 3.8) is 0 Å². The molecular weight excluding hydrogens is 370 g/mol. The van der Waals surface area contributed by atoms with Crippen LogP contribution in [0.4, 0.5) is 10.5 Å². The van der Waals surface area contributed by atoms with Crippen molar-refractivity contribution in [2.24, 2.45) is 0 Å². The number of amides is 3. The molecule has 1 fully saturated rings. The Balaban J connectivity index is 1.30. The molecule has 1 N–H and O–H groups in total. The molecule has 2 aliphatic rings. The summed E-state index contributed by atoms with van der Waals surface area (Å²) >= 11 is 0. The third-order valence-electron chi connectivity index (χ3n) is 5.41. The van der Waals surface area contributed by atoms with E-state index in [4.69, 9.17) is 4.74 Å². The van der Waals surface area contributed by atoms with Crippen molar-refractivity contribution in [2.75, 3.05) is 38.1 Å². The zero-order valence-corrected chi connectivity index (χ0v) is 16.8. The first kappa shape index (κ1) is 19.3. The SMILES string of the molecule is CCOc1ccc(NC(=O)N2CCN(C(=O)c3cc4n(n3)CCCC4)CC2)cc1. The first-order chi connectivity index (χ1) is 14.1. The highest BCUT2D eigenvalue weighted by molar-refractivity contribution is 5.93. The molecule has 154 valence electrons. The predicted octanol–water partition coefficient (Wildman–Crippen LogP) is 2.61. The molecule has 29 heavy (non-hydrogen) atoms. The van der Waals surface area contributed by atoms with Crippen molar-refractivity contribution in [1.82, 2.24) is 19.6 Å². The number of rotatable bonds is 4. The summed E-state index contributed by atoms with van der Waals surface area (Å²) in [6.07, 6.45) is 3.26. The Labute approximate surface area is 170 Å². The van der Waals surface area contributed by atoms with E-state index in [1.54, 1.807) is 9.80 Å². The van der Waals surface area contributed by atoms with E-state index in [1.807, 2.05) is 41.9 Å². The molecule has 3 heterocycles. The average Bonchev–Trinajstić information content (AvgIpc) is 3.19. The molecule has 1 saturated heterocycles. The smallest absolute Gasteiger partial charge is 0.321 e. The molecule has 0 bridgehead atoms. The highest BCUT2D eigenvalue weighted by atomic mass is 16.5. The summed E-state index contributed by atoms with van der Waals surface area (Å²) in [6, 6.07) is 9.08. The lowest BCUT2D eigenvalue weighted by atomic mass is 10.1. The zero-order valence-electron chi connectivity index (χ0n) is 16.8. The number of fused-ring (bicyclic) bond motifs is 1. The van der Waals surface area contributed by atoms with Gasteiger partial charge < -0.3 is 19.9 Å². The van der Waals surface area contributed by atoms with Crippen molar-refractivity contribution >= 4 is 17.6 Å². The number of anilines is 1. The third-order valence-corrected chi connectivity index (χ3v) is 5.41. The fourth-order valence-electron chi connectivity index (χ4n) is 3.80. The van der Waals surface area contributed by atoms with Crippen molar-refractivity contribution in [2.45, 2.75) is 32.7 Å². The van der Waals surface area contributed by atoms with Gasteiger partial charge in [0, 0.05) is 44.1 Å². The highest BCUT2D eigenvalue weighted by Crippen LogP contribution is 2.18. The van der Waals surface area contributed by atoms with Crippen molar-refractivity contribution in [3.8, 4) is 5.75 Å². The number of nitrogens with one attached hydrogen (secondary N) is 1. The normalized spacial score (nSPS) is 16.3. The van der Waals surface area contributed by atoms with E-state index < -0.39 is 0 Å². The summed E-state index contributed by atoms with van der Waals surface area (Å²) in [5.74, 6) is 0.733. The number of ether oxygens (including phenoxy) is 1. The number of carbonyl (C=O) groups is 2. The quantitative estimate of drug-likeness (QED) is 0.860. The standard InChI is InChI=1S/C21H27N5O3/c1-2-29-18-8-6-16(7-9-18)22-21(28)25-13-11-24(12-14-25)20(27)19-15-17-5-3-4-10-26(17)23-19/h6-9,15H,2-5,10-14H2,1H3,(H,22,28). The van der Waals surface area contributed by atoms with E-state index in [9.17, 15) is 9.59 Å². The Hall–Kier alpha value is -3.03. The summed E-state index contributed by atoms with van der Waals surface area (Å²) < 4.78 is 7.37. The summed E-state index contributed by atoms with van der Waals surface area (Å²) in [6.45, 7) is 5.46. The maximum absolute atomic E-state index is 12.8. The van der Waals surface area contributed by atoms with Gasteiger partial charge in [-0.1, -0.05) is 0 Å². The first-order valence-corrected chi connectivity index (χ1v) is 10.3. The van der Waals surface area contributed by atoms with E-state index in [-0.39, 0.29) is 11.9 Å². The van der Waals surface area contributed by atoms with Gasteiger partial charge in [-0.15, -0.1) is 0 Å². The van der Waals surface area contributed by atoms with Crippen molar-refractivity contribution in [1.29, 1.82) is 0 Å². The van der Waals surface area contributed by atoms with Crippen LogP contribution in [0.1, 0.15) is 35.9 Å². The van der Waals surface area contributed by atoms with E-state index in [1.165, 1.54) is 0 Å². The Kier molecular flexibility index (Phi) is 5.69. The highest BCUT2D eigenvalue weighted by Gasteiger charge is 2.27. The monoisotopic (exact) mass is 397 g/mol. The Morgan fingerprint density at radius 3 is 2.45 bits per heavy atom. The van der Waals surface area contributed by atoms with Crippen molar-refractivity contribution < 1.29 is 14.3 Å². The molecular formula is C21H27N5O3. The summed E-state index contributed by atoms with van der Waals surface area (Å²) in [5, 5.41) is 7.38. The van der Waals surface area contributed by atoms with Gasteiger partial charge in [-0.3, -0.25) is 9.48 Å². The van der Waals surface area contributed by atoms with E-state index >= 15 is 0 Å². The Morgan fingerprint density at radius 1 is 1.03 bits per heavy atom. The number of aryl methyl sites for hydroxylation is 2. The van der Waals surface area contributed by atoms with Crippen molar-refractivity contribution in [3.05, 3.63) is 41.7 Å². The van der Waals surface area contributed by atoms with Gasteiger partial charge in [0.1, 0.15) is 5.75 Å². The largest absolute Gasteiger partial charge is 0.494 e. The molecule has 0 radical (unpaired) electrons. The van der Waals surface area contributed by atoms with Gasteiger partial charge in [0.25, 0.3) is 5.91 Å². The molecule has 1 aromatic heterocycles. The molecule has 0 spiro atoms. The Morgan fingerprint density at radius 2 is 1.76 bits per heavy atom. The van der Waals surface area contributed by atoms with Gasteiger partial charge in [0.2, 0.25) is 0 Å². The van der Waals surface area contributed by atoms with Gasteiger partial charge in [-0.25, -0.2) is 4.79 Å². The van der Waals surface area contributed by atoms with Crippen LogP contribution < -0.4 is 10.1 Å². The Bertz CT molecular complexity index is 845. The lowest BCUT2D eigenvalue weighted by molar-refractivity contribution is 0.0665. The lowest BCUT2D eigenvalue weighted by Gasteiger charge is -2.34. The molecule has 2 aliphatic heterocycles. The number of hydrogen-bond donors (Lipinski definition) is 1. The number of aromatic nitrogens is 2. The number of carbonyl (C=O) groups excluding carboxylic acids is 2. The fourth-order valence-corrected chi connectivity index (χ4v) is 3.80. The zero-order chi connectivity index (χ0) is 20.2. The molecule has 0 aliphatic carbocycles. The van der Waals surface area contributed by atoms with Crippen LogP contribution in [-0.2, 0) is 13.0 Å². The average molecular weight is 397 g/mol. The molecule has 0 saturated carbocycles. The van der Waals surface area contributed by atoms with Gasteiger partial charge in [0.15, 0.2) is 5.69 Å². The molecule has 4 rings (SSSR count). The summed E-state index contributed by atoms with van der Waals surface area (Å²) in [5.41, 5.74) is 2.39. The van der Waals surface area contributed by atoms with E-state index in [0.29, 0.717) is 38.5 Å².